The maximum atomic E-state index is 6.65. The van der Waals surface area contributed by atoms with Gasteiger partial charge in [0.05, 0.1) is 22.6 Å². The van der Waals surface area contributed by atoms with Crippen LogP contribution in [-0.4, -0.2) is 15.0 Å². The summed E-state index contributed by atoms with van der Waals surface area (Å²) >= 11 is 0. The molecule has 63 heavy (non-hydrogen) atoms. The minimum atomic E-state index is 0.673. The molecule has 0 unspecified atom stereocenters. The van der Waals surface area contributed by atoms with Crippen molar-refractivity contribution >= 4 is 43.6 Å². The van der Waals surface area contributed by atoms with Gasteiger partial charge < -0.3 is 4.42 Å². The number of fused-ring (bicyclic) bond motifs is 6. The van der Waals surface area contributed by atoms with Crippen molar-refractivity contribution in [1.29, 1.82) is 0 Å². The Kier molecular flexibility index (Phi) is 8.79. The zero-order valence-corrected chi connectivity index (χ0v) is 34.1. The quantitative estimate of drug-likeness (QED) is 0.151. The minimum Gasteiger partial charge on any atom is -0.456 e. The molecule has 294 valence electrons. The summed E-state index contributed by atoms with van der Waals surface area (Å²) in [6, 6.07) is 78.5. The van der Waals surface area contributed by atoms with Crippen molar-refractivity contribution in [3.8, 4) is 78.5 Å². The molecule has 0 amide bonds. The summed E-state index contributed by atoms with van der Waals surface area (Å²) in [5.41, 5.74) is 16.2. The molecule has 4 heteroatoms. The van der Waals surface area contributed by atoms with Crippen LogP contribution < -0.4 is 0 Å². The van der Waals surface area contributed by atoms with Crippen LogP contribution in [0, 0.1) is 0 Å². The van der Waals surface area contributed by atoms with E-state index in [0.29, 0.717) is 5.82 Å². The summed E-state index contributed by atoms with van der Waals surface area (Å²) in [4.78, 5) is 15.7. The van der Waals surface area contributed by atoms with Crippen molar-refractivity contribution in [2.75, 3.05) is 0 Å². The summed E-state index contributed by atoms with van der Waals surface area (Å²) in [7, 11) is 0. The molecule has 4 nitrogen and oxygen atoms in total. The van der Waals surface area contributed by atoms with Crippen LogP contribution in [0.1, 0.15) is 0 Å². The Morgan fingerprint density at radius 1 is 0.286 bits per heavy atom. The molecule has 12 rings (SSSR count). The summed E-state index contributed by atoms with van der Waals surface area (Å²) in [5, 5.41) is 5.46. The zero-order valence-electron chi connectivity index (χ0n) is 34.1. The number of para-hydroxylation sites is 2. The fraction of sp³-hybridized carbons (Fsp3) is 0. The van der Waals surface area contributed by atoms with Crippen molar-refractivity contribution < 1.29 is 4.42 Å². The van der Waals surface area contributed by atoms with E-state index in [1.165, 1.54) is 11.1 Å². The van der Waals surface area contributed by atoms with E-state index in [0.717, 1.165) is 105 Å². The van der Waals surface area contributed by atoms with Crippen LogP contribution in [-0.2, 0) is 0 Å². The van der Waals surface area contributed by atoms with Gasteiger partial charge in [-0.05, 0) is 52.1 Å². The van der Waals surface area contributed by atoms with Gasteiger partial charge in [-0.1, -0.05) is 200 Å². The highest BCUT2D eigenvalue weighted by Crippen LogP contribution is 2.46. The maximum Gasteiger partial charge on any atom is 0.160 e. The molecule has 0 saturated heterocycles. The predicted molar refractivity (Wildman–Crippen MR) is 260 cm³/mol. The lowest BCUT2D eigenvalue weighted by Crippen LogP contribution is -1.96. The second-order valence-corrected chi connectivity index (χ2v) is 15.9. The van der Waals surface area contributed by atoms with E-state index in [4.69, 9.17) is 19.4 Å². The lowest BCUT2D eigenvalue weighted by atomic mass is 9.89. The highest BCUT2D eigenvalue weighted by atomic mass is 16.3. The van der Waals surface area contributed by atoms with Crippen molar-refractivity contribution in [3.63, 3.8) is 0 Å². The second-order valence-electron chi connectivity index (χ2n) is 15.9. The fourth-order valence-corrected chi connectivity index (χ4v) is 9.01. The van der Waals surface area contributed by atoms with Crippen LogP contribution >= 0.6 is 0 Å². The van der Waals surface area contributed by atoms with Crippen LogP contribution in [0.2, 0.25) is 0 Å². The summed E-state index contributed by atoms with van der Waals surface area (Å²) < 4.78 is 6.65. The SMILES string of the molecule is c1ccc(-c2ccc(-c3cc(-c4ccc(-c5c6c(cc7c(-c8ccccc8)nc8ccccc8c57)oc5ccccc56)cc4)nc(-c4ccc(-c5ccccc5)cc4)n3)cc2)cc1. The van der Waals surface area contributed by atoms with Gasteiger partial charge in [-0.3, -0.25) is 0 Å². The van der Waals surface area contributed by atoms with E-state index < -0.39 is 0 Å². The number of aromatic nitrogens is 3. The first-order valence-corrected chi connectivity index (χ1v) is 21.3. The minimum absolute atomic E-state index is 0.673. The van der Waals surface area contributed by atoms with Crippen LogP contribution in [0.15, 0.2) is 229 Å². The second kappa shape index (κ2) is 15.2. The molecule has 0 spiro atoms. The summed E-state index contributed by atoms with van der Waals surface area (Å²) in [6.07, 6.45) is 0. The topological polar surface area (TPSA) is 51.8 Å². The number of benzene rings is 9. The predicted octanol–water partition coefficient (Wildman–Crippen LogP) is 15.7. The molecule has 0 aliphatic carbocycles. The molecule has 3 heterocycles. The smallest absolute Gasteiger partial charge is 0.160 e. The van der Waals surface area contributed by atoms with Crippen molar-refractivity contribution in [3.05, 3.63) is 224 Å². The largest absolute Gasteiger partial charge is 0.456 e. The van der Waals surface area contributed by atoms with E-state index in [1.54, 1.807) is 0 Å². The summed E-state index contributed by atoms with van der Waals surface area (Å²) in [6.45, 7) is 0. The number of nitrogens with zero attached hydrogens (tertiary/aromatic N) is 3. The lowest BCUT2D eigenvalue weighted by molar-refractivity contribution is 0.669. The molecular weight excluding hydrogens is 767 g/mol. The monoisotopic (exact) mass is 803 g/mol. The van der Waals surface area contributed by atoms with Gasteiger partial charge in [0, 0.05) is 54.7 Å². The molecule has 12 aromatic rings. The van der Waals surface area contributed by atoms with Crippen molar-refractivity contribution in [2.45, 2.75) is 0 Å². The van der Waals surface area contributed by atoms with E-state index in [2.05, 4.69) is 200 Å². The molecule has 0 aliphatic rings. The molecule has 3 aromatic heterocycles. The molecule has 0 radical (unpaired) electrons. The Labute approximate surface area is 364 Å². The molecular formula is C59H37N3O. The first-order valence-electron chi connectivity index (χ1n) is 21.3. The molecule has 0 saturated carbocycles. The molecule has 9 aromatic carbocycles. The fourth-order valence-electron chi connectivity index (χ4n) is 9.01. The van der Waals surface area contributed by atoms with Crippen LogP contribution in [0.3, 0.4) is 0 Å². The highest BCUT2D eigenvalue weighted by Gasteiger charge is 2.22. The number of hydrogen-bond acceptors (Lipinski definition) is 4. The Morgan fingerprint density at radius 3 is 1.35 bits per heavy atom. The molecule has 0 N–H and O–H groups in total. The maximum absolute atomic E-state index is 6.65. The standard InChI is InChI=1S/C59H37N3O/c1-4-14-38(15-5-1)40-24-28-42(29-25-40)51-37-52(62-59(61-51)46-34-26-41(27-35-46)39-16-6-2-7-17-39)43-30-32-44(33-31-43)55-56-47-20-10-12-22-50(47)60-58(45-18-8-3-9-19-45)49(56)36-54-57(55)48-21-11-13-23-53(48)63-54/h1-37H. The van der Waals surface area contributed by atoms with E-state index in [1.807, 2.05) is 24.3 Å². The highest BCUT2D eigenvalue weighted by molar-refractivity contribution is 6.27. The van der Waals surface area contributed by atoms with Gasteiger partial charge in [0.1, 0.15) is 11.2 Å². The van der Waals surface area contributed by atoms with Gasteiger partial charge in [0.15, 0.2) is 5.82 Å². The Balaban J connectivity index is 1.03. The Bertz CT molecular complexity index is 3520. The zero-order chi connectivity index (χ0) is 41.7. The molecule has 0 atom stereocenters. The van der Waals surface area contributed by atoms with Gasteiger partial charge in [0.2, 0.25) is 0 Å². The molecule has 0 bridgehead atoms. The number of pyridine rings is 1. The van der Waals surface area contributed by atoms with Gasteiger partial charge in [-0.25, -0.2) is 15.0 Å². The average Bonchev–Trinajstić information content (AvgIpc) is 3.74. The lowest BCUT2D eigenvalue weighted by Gasteiger charge is -2.16. The third-order valence-corrected chi connectivity index (χ3v) is 12.1. The third-order valence-electron chi connectivity index (χ3n) is 12.1. The number of rotatable bonds is 7. The van der Waals surface area contributed by atoms with Gasteiger partial charge in [-0.2, -0.15) is 0 Å². The third kappa shape index (κ3) is 6.53. The Hall–Kier alpha value is -8.47. The average molecular weight is 804 g/mol. The van der Waals surface area contributed by atoms with Gasteiger partial charge in [0.25, 0.3) is 0 Å². The van der Waals surface area contributed by atoms with Crippen LogP contribution in [0.5, 0.6) is 0 Å². The van der Waals surface area contributed by atoms with E-state index >= 15 is 0 Å². The van der Waals surface area contributed by atoms with Crippen molar-refractivity contribution in [1.82, 2.24) is 15.0 Å². The Morgan fingerprint density at radius 2 is 0.746 bits per heavy atom. The summed E-state index contributed by atoms with van der Waals surface area (Å²) in [5.74, 6) is 0.673. The van der Waals surface area contributed by atoms with E-state index in [9.17, 15) is 0 Å². The first kappa shape index (κ1) is 36.4. The molecule has 0 fully saturated rings. The van der Waals surface area contributed by atoms with Gasteiger partial charge in [-0.15, -0.1) is 0 Å². The number of furan rings is 1. The molecule has 0 aliphatic heterocycles. The van der Waals surface area contributed by atoms with Crippen LogP contribution in [0.4, 0.5) is 0 Å². The van der Waals surface area contributed by atoms with Crippen molar-refractivity contribution in [2.24, 2.45) is 0 Å². The number of hydrogen-bond donors (Lipinski definition) is 0. The van der Waals surface area contributed by atoms with Gasteiger partial charge >= 0.3 is 0 Å². The normalized spacial score (nSPS) is 11.5. The van der Waals surface area contributed by atoms with E-state index in [-0.39, 0.29) is 0 Å². The first-order chi connectivity index (χ1) is 31.2. The van der Waals surface area contributed by atoms with Crippen LogP contribution in [0.25, 0.3) is 122 Å².